The highest BCUT2D eigenvalue weighted by atomic mass is 35.5. The van der Waals surface area contributed by atoms with E-state index < -0.39 is 0 Å². The van der Waals surface area contributed by atoms with E-state index in [0.717, 1.165) is 28.2 Å². The predicted molar refractivity (Wildman–Crippen MR) is 119 cm³/mol. The molecule has 0 atom stereocenters. The summed E-state index contributed by atoms with van der Waals surface area (Å²) in [4.78, 5) is 15.1. The second-order valence-electron chi connectivity index (χ2n) is 7.48. The molecule has 0 radical (unpaired) electrons. The van der Waals surface area contributed by atoms with E-state index in [4.69, 9.17) is 25.8 Å². The Morgan fingerprint density at radius 3 is 2.71 bits per heavy atom. The number of ether oxygens (including phenoxy) is 3. The highest BCUT2D eigenvalue weighted by Gasteiger charge is 2.33. The van der Waals surface area contributed by atoms with Gasteiger partial charge in [0.05, 0.1) is 18.2 Å². The van der Waals surface area contributed by atoms with E-state index in [-0.39, 0.29) is 5.78 Å². The molecule has 0 N–H and O–H groups in total. The maximum atomic E-state index is 12.9. The van der Waals surface area contributed by atoms with Crippen LogP contribution in [0.15, 0.2) is 66.4 Å². The summed E-state index contributed by atoms with van der Waals surface area (Å²) in [6.07, 6.45) is 1.74. The molecule has 0 aliphatic carbocycles. The van der Waals surface area contributed by atoms with E-state index in [9.17, 15) is 4.79 Å². The third-order valence-electron chi connectivity index (χ3n) is 5.44. The zero-order chi connectivity index (χ0) is 21.4. The molecule has 0 amide bonds. The van der Waals surface area contributed by atoms with Crippen LogP contribution in [0.1, 0.15) is 27.0 Å². The summed E-state index contributed by atoms with van der Waals surface area (Å²) in [5.74, 6) is 2.33. The van der Waals surface area contributed by atoms with Gasteiger partial charge in [0.25, 0.3) is 0 Å². The number of methoxy groups -OCH3 is 1. The Morgan fingerprint density at radius 2 is 1.90 bits per heavy atom. The van der Waals surface area contributed by atoms with Crippen molar-refractivity contribution in [3.05, 3.63) is 93.7 Å². The average molecular weight is 434 g/mol. The molecule has 3 aromatic rings. The molecule has 0 unspecified atom stereocenters. The fraction of sp³-hybridized carbons (Fsp3) is 0.160. The van der Waals surface area contributed by atoms with Gasteiger partial charge in [0, 0.05) is 23.7 Å². The summed E-state index contributed by atoms with van der Waals surface area (Å²) in [5.41, 5.74) is 3.36. The number of allylic oxidation sites excluding steroid dienone is 1. The molecule has 0 saturated carbocycles. The first-order valence-corrected chi connectivity index (χ1v) is 10.3. The van der Waals surface area contributed by atoms with Crippen LogP contribution in [0.5, 0.6) is 17.2 Å². The summed E-state index contributed by atoms with van der Waals surface area (Å²) < 4.78 is 17.5. The SMILES string of the molecule is COc1ccccc1CN1COc2ccc3c(c2C1)O/C(=C\c1ccc(Cl)cc1)C3=O. The van der Waals surface area contributed by atoms with E-state index in [1.54, 1.807) is 31.4 Å². The standard InChI is InChI=1S/C25H20ClNO4/c1-29-21-5-3-2-4-17(21)13-27-14-20-22(30-15-27)11-10-19-24(28)23(31-25(19)20)12-16-6-8-18(26)9-7-16/h2-12H,13-15H2,1H3/b23-12-. The van der Waals surface area contributed by atoms with Gasteiger partial charge in [0.2, 0.25) is 5.78 Å². The Hall–Kier alpha value is -3.28. The van der Waals surface area contributed by atoms with Crippen LogP contribution in [-0.2, 0) is 13.1 Å². The fourth-order valence-corrected chi connectivity index (χ4v) is 4.02. The number of Topliss-reactive ketones (excluding diaryl/α,β-unsaturated/α-hetero) is 1. The fourth-order valence-electron chi connectivity index (χ4n) is 3.89. The summed E-state index contributed by atoms with van der Waals surface area (Å²) in [6, 6.07) is 18.8. The maximum absolute atomic E-state index is 12.9. The molecule has 2 heterocycles. The van der Waals surface area contributed by atoms with E-state index >= 15 is 0 Å². The second kappa shape index (κ2) is 8.10. The Bertz CT molecular complexity index is 1190. The lowest BCUT2D eigenvalue weighted by atomic mass is 10.0. The average Bonchev–Trinajstić information content (AvgIpc) is 3.11. The highest BCUT2D eigenvalue weighted by molar-refractivity contribution is 6.30. The molecule has 2 aliphatic rings. The van der Waals surface area contributed by atoms with Gasteiger partial charge in [0.1, 0.15) is 24.0 Å². The van der Waals surface area contributed by atoms with Crippen LogP contribution in [-0.4, -0.2) is 24.5 Å². The monoisotopic (exact) mass is 433 g/mol. The zero-order valence-corrected chi connectivity index (χ0v) is 17.7. The van der Waals surface area contributed by atoms with Crippen LogP contribution >= 0.6 is 11.6 Å². The molecule has 5 rings (SSSR count). The topological polar surface area (TPSA) is 48.0 Å². The van der Waals surface area contributed by atoms with Crippen molar-refractivity contribution in [3.63, 3.8) is 0 Å². The summed E-state index contributed by atoms with van der Waals surface area (Å²) in [6.45, 7) is 1.72. The molecule has 0 spiro atoms. The first-order valence-electron chi connectivity index (χ1n) is 9.95. The summed E-state index contributed by atoms with van der Waals surface area (Å²) >= 11 is 5.95. The van der Waals surface area contributed by atoms with Gasteiger partial charge in [-0.2, -0.15) is 0 Å². The molecule has 5 nitrogen and oxygen atoms in total. The van der Waals surface area contributed by atoms with Crippen molar-refractivity contribution >= 4 is 23.5 Å². The van der Waals surface area contributed by atoms with Crippen LogP contribution in [0.25, 0.3) is 6.08 Å². The van der Waals surface area contributed by atoms with Gasteiger partial charge in [-0.1, -0.05) is 41.9 Å². The predicted octanol–water partition coefficient (Wildman–Crippen LogP) is 5.32. The lowest BCUT2D eigenvalue weighted by molar-refractivity contribution is 0.0865. The number of fused-ring (bicyclic) bond motifs is 3. The van der Waals surface area contributed by atoms with Gasteiger partial charge in [0.15, 0.2) is 5.76 Å². The van der Waals surface area contributed by atoms with Gasteiger partial charge >= 0.3 is 0 Å². The normalized spacial score (nSPS) is 16.5. The molecule has 0 fully saturated rings. The van der Waals surface area contributed by atoms with E-state index in [1.165, 1.54) is 0 Å². The van der Waals surface area contributed by atoms with Crippen molar-refractivity contribution in [2.24, 2.45) is 0 Å². The van der Waals surface area contributed by atoms with Crippen molar-refractivity contribution in [3.8, 4) is 17.2 Å². The lowest BCUT2D eigenvalue weighted by Gasteiger charge is -2.30. The van der Waals surface area contributed by atoms with Crippen LogP contribution in [0.2, 0.25) is 5.02 Å². The third-order valence-corrected chi connectivity index (χ3v) is 5.69. The van der Waals surface area contributed by atoms with Crippen molar-refractivity contribution < 1.29 is 19.0 Å². The van der Waals surface area contributed by atoms with Gasteiger partial charge in [-0.3, -0.25) is 9.69 Å². The van der Waals surface area contributed by atoms with Gasteiger partial charge in [-0.15, -0.1) is 0 Å². The lowest BCUT2D eigenvalue weighted by Crippen LogP contribution is -2.31. The largest absolute Gasteiger partial charge is 0.496 e. The minimum atomic E-state index is -0.130. The van der Waals surface area contributed by atoms with Crippen molar-refractivity contribution in [2.45, 2.75) is 13.1 Å². The van der Waals surface area contributed by atoms with Gasteiger partial charge < -0.3 is 14.2 Å². The quantitative estimate of drug-likeness (QED) is 0.521. The first-order chi connectivity index (χ1) is 15.1. The molecule has 31 heavy (non-hydrogen) atoms. The number of ketones is 1. The second-order valence-corrected chi connectivity index (χ2v) is 7.92. The minimum absolute atomic E-state index is 0.130. The first kappa shape index (κ1) is 19.7. The van der Waals surface area contributed by atoms with Crippen molar-refractivity contribution in [2.75, 3.05) is 13.8 Å². The Kier molecular flexibility index (Phi) is 5.14. The maximum Gasteiger partial charge on any atom is 0.231 e. The molecular weight excluding hydrogens is 414 g/mol. The zero-order valence-electron chi connectivity index (χ0n) is 16.9. The molecule has 0 saturated heterocycles. The van der Waals surface area contributed by atoms with Crippen molar-refractivity contribution in [1.82, 2.24) is 4.90 Å². The van der Waals surface area contributed by atoms with Crippen LogP contribution < -0.4 is 14.2 Å². The third kappa shape index (κ3) is 3.78. The van der Waals surface area contributed by atoms with Crippen LogP contribution in [0.4, 0.5) is 0 Å². The number of hydrogen-bond donors (Lipinski definition) is 0. The molecule has 2 aliphatic heterocycles. The Labute approximate surface area is 185 Å². The number of rotatable bonds is 4. The molecular formula is C25H20ClNO4. The van der Waals surface area contributed by atoms with Gasteiger partial charge in [-0.05, 0) is 42.0 Å². The van der Waals surface area contributed by atoms with Crippen LogP contribution in [0, 0.1) is 0 Å². The van der Waals surface area contributed by atoms with Crippen LogP contribution in [0.3, 0.4) is 0 Å². The number of nitrogens with zero attached hydrogens (tertiary/aromatic N) is 1. The number of carbonyl (C=O) groups is 1. The van der Waals surface area contributed by atoms with E-state index in [1.807, 2.05) is 42.5 Å². The van der Waals surface area contributed by atoms with E-state index in [2.05, 4.69) is 4.90 Å². The number of halogens is 1. The molecule has 6 heteroatoms. The number of carbonyl (C=O) groups excluding carboxylic acids is 1. The Balaban J connectivity index is 1.42. The van der Waals surface area contributed by atoms with Gasteiger partial charge in [-0.25, -0.2) is 0 Å². The molecule has 0 aromatic heterocycles. The van der Waals surface area contributed by atoms with Crippen molar-refractivity contribution in [1.29, 1.82) is 0 Å². The highest BCUT2D eigenvalue weighted by Crippen LogP contribution is 2.42. The number of hydrogen-bond acceptors (Lipinski definition) is 5. The number of para-hydroxylation sites is 1. The summed E-state index contributed by atoms with van der Waals surface area (Å²) in [5, 5.41) is 0.644. The Morgan fingerprint density at radius 1 is 1.10 bits per heavy atom. The smallest absolute Gasteiger partial charge is 0.231 e. The molecule has 0 bridgehead atoms. The van der Waals surface area contributed by atoms with E-state index in [0.29, 0.717) is 41.9 Å². The molecule has 156 valence electrons. The minimum Gasteiger partial charge on any atom is -0.496 e. The summed E-state index contributed by atoms with van der Waals surface area (Å²) in [7, 11) is 1.67. The molecule has 3 aromatic carbocycles. The number of benzene rings is 3.